The molecule has 37 heavy (non-hydrogen) atoms. The summed E-state index contributed by atoms with van der Waals surface area (Å²) in [5.41, 5.74) is 12.3. The van der Waals surface area contributed by atoms with Crippen LogP contribution < -0.4 is 10.2 Å². The fourth-order valence-electron chi connectivity index (χ4n) is 5.41. The Hall–Kier alpha value is -3.59. The molecule has 1 fully saturated rings. The standard InChI is InChI=1S/C28H31N7OS/c1-2-24-26(37-18-30-24)12-14-36-21-10-6-9-20(15-21)22-16-29-28-23(25-11-13-31-34-33-25)17-32-35(28)27(22)19-7-4-3-5-8-19/h6,9-11,15-19H,2-5,7-8,12-14H2,1H3,(H,31,33). The van der Waals surface area contributed by atoms with Crippen LogP contribution in [0.15, 0.2) is 58.6 Å². The summed E-state index contributed by atoms with van der Waals surface area (Å²) in [6, 6.07) is 8.39. The van der Waals surface area contributed by atoms with Crippen LogP contribution in [0, 0.1) is 0 Å². The fourth-order valence-corrected chi connectivity index (χ4v) is 6.25. The molecule has 4 aromatic rings. The van der Waals surface area contributed by atoms with Gasteiger partial charge < -0.3 is 4.74 Å². The van der Waals surface area contributed by atoms with E-state index in [1.54, 1.807) is 11.3 Å². The van der Waals surface area contributed by atoms with E-state index in [1.165, 1.54) is 48.4 Å². The molecule has 1 aromatic carbocycles. The maximum absolute atomic E-state index is 6.20. The molecule has 1 N–H and O–H groups in total. The smallest absolute Gasteiger partial charge is 0.164 e. The third kappa shape index (κ3) is 4.87. The minimum absolute atomic E-state index is 0.443. The van der Waals surface area contributed by atoms with Crippen LogP contribution in [-0.2, 0) is 12.8 Å². The molecule has 0 bridgehead atoms. The van der Waals surface area contributed by atoms with Gasteiger partial charge in [-0.3, -0.25) is 5.43 Å². The molecule has 8 nitrogen and oxygen atoms in total. The Labute approximate surface area is 220 Å². The van der Waals surface area contributed by atoms with Crippen molar-refractivity contribution in [2.24, 2.45) is 10.3 Å². The minimum Gasteiger partial charge on any atom is -0.493 e. The van der Waals surface area contributed by atoms with Crippen molar-refractivity contribution in [1.82, 2.24) is 25.0 Å². The highest BCUT2D eigenvalue weighted by Gasteiger charge is 2.25. The minimum atomic E-state index is 0.443. The van der Waals surface area contributed by atoms with E-state index in [2.05, 4.69) is 50.4 Å². The largest absolute Gasteiger partial charge is 0.493 e. The third-order valence-corrected chi connectivity index (χ3v) is 8.20. The molecule has 6 rings (SSSR count). The predicted molar refractivity (Wildman–Crippen MR) is 146 cm³/mol. The Balaban J connectivity index is 1.33. The molecular weight excluding hydrogens is 482 g/mol. The summed E-state index contributed by atoms with van der Waals surface area (Å²) in [7, 11) is 0. The van der Waals surface area contributed by atoms with Crippen LogP contribution in [0.1, 0.15) is 66.8 Å². The lowest BCUT2D eigenvalue weighted by atomic mass is 9.84. The highest BCUT2D eigenvalue weighted by atomic mass is 32.1. The summed E-state index contributed by atoms with van der Waals surface area (Å²) in [5, 5.41) is 12.8. The number of nitrogens with zero attached hydrogens (tertiary/aromatic N) is 6. The van der Waals surface area contributed by atoms with E-state index in [1.807, 2.05) is 30.0 Å². The molecule has 2 aliphatic rings. The van der Waals surface area contributed by atoms with Gasteiger partial charge >= 0.3 is 0 Å². The zero-order valence-corrected chi connectivity index (χ0v) is 21.9. The van der Waals surface area contributed by atoms with E-state index in [0.29, 0.717) is 19.1 Å². The number of aromatic nitrogens is 4. The van der Waals surface area contributed by atoms with Crippen LogP contribution >= 0.6 is 11.3 Å². The van der Waals surface area contributed by atoms with Crippen molar-refractivity contribution in [3.05, 3.63) is 70.1 Å². The summed E-state index contributed by atoms with van der Waals surface area (Å²) in [5.74, 6) is 1.32. The van der Waals surface area contributed by atoms with Gasteiger partial charge in [-0.15, -0.1) is 11.3 Å². The number of thiazole rings is 1. The van der Waals surface area contributed by atoms with Crippen LogP contribution in [0.5, 0.6) is 5.75 Å². The lowest BCUT2D eigenvalue weighted by molar-refractivity contribution is 0.322. The number of nitrogens with one attached hydrogen (secondary N) is 1. The first-order valence-electron chi connectivity index (χ1n) is 13.2. The van der Waals surface area contributed by atoms with Gasteiger partial charge in [0.25, 0.3) is 0 Å². The van der Waals surface area contributed by atoms with Gasteiger partial charge in [0.2, 0.25) is 0 Å². The van der Waals surface area contributed by atoms with Crippen molar-refractivity contribution >= 4 is 22.7 Å². The van der Waals surface area contributed by atoms with Crippen LogP contribution in [0.25, 0.3) is 22.5 Å². The maximum Gasteiger partial charge on any atom is 0.164 e. The topological polar surface area (TPSA) is 89.1 Å². The second kappa shape index (κ2) is 10.8. The van der Waals surface area contributed by atoms with Crippen LogP contribution in [0.3, 0.4) is 0 Å². The molecular formula is C28H31N7OS. The van der Waals surface area contributed by atoms with Crippen molar-refractivity contribution in [2.75, 3.05) is 13.2 Å². The normalized spacial score (nSPS) is 16.1. The van der Waals surface area contributed by atoms with E-state index in [4.69, 9.17) is 14.8 Å². The zero-order chi connectivity index (χ0) is 25.0. The Morgan fingerprint density at radius 2 is 2.03 bits per heavy atom. The van der Waals surface area contributed by atoms with Crippen molar-refractivity contribution in [3.63, 3.8) is 0 Å². The lowest BCUT2D eigenvalue weighted by Gasteiger charge is -2.25. The Morgan fingerprint density at radius 1 is 1.11 bits per heavy atom. The summed E-state index contributed by atoms with van der Waals surface area (Å²) in [6.45, 7) is 3.34. The molecule has 0 unspecified atom stereocenters. The first-order chi connectivity index (χ1) is 18.3. The van der Waals surface area contributed by atoms with Gasteiger partial charge in [-0.05, 0) is 43.0 Å². The number of aryl methyl sites for hydroxylation is 1. The summed E-state index contributed by atoms with van der Waals surface area (Å²) < 4.78 is 8.25. The molecule has 0 amide bonds. The van der Waals surface area contributed by atoms with E-state index in [9.17, 15) is 0 Å². The Kier molecular flexibility index (Phi) is 6.94. The van der Waals surface area contributed by atoms with Crippen molar-refractivity contribution in [2.45, 2.75) is 57.8 Å². The third-order valence-electron chi connectivity index (χ3n) is 7.27. The average Bonchev–Trinajstić information content (AvgIpc) is 3.60. The highest BCUT2D eigenvalue weighted by Crippen LogP contribution is 2.39. The zero-order valence-electron chi connectivity index (χ0n) is 21.1. The summed E-state index contributed by atoms with van der Waals surface area (Å²) in [4.78, 5) is 10.7. The van der Waals surface area contributed by atoms with E-state index in [-0.39, 0.29) is 0 Å². The first-order valence-corrected chi connectivity index (χ1v) is 14.0. The monoisotopic (exact) mass is 513 g/mol. The Morgan fingerprint density at radius 3 is 2.86 bits per heavy atom. The molecule has 0 saturated heterocycles. The second-order valence-electron chi connectivity index (χ2n) is 9.54. The molecule has 4 heterocycles. The number of fused-ring (bicyclic) bond motifs is 1. The number of hydrogen-bond acceptors (Lipinski definition) is 8. The molecule has 1 saturated carbocycles. The molecule has 0 spiro atoms. The molecule has 1 aliphatic heterocycles. The quantitative estimate of drug-likeness (QED) is 0.295. The molecule has 9 heteroatoms. The SMILES string of the molecule is CCc1ncsc1CCOc1cccc(-c2cnc3c(C4=CCN=NN4)cnn3c2C2CCCCC2)c1. The fraction of sp³-hybridized carbons (Fsp3) is 0.393. The van der Waals surface area contributed by atoms with Gasteiger partial charge in [-0.25, -0.2) is 14.5 Å². The second-order valence-corrected chi connectivity index (χ2v) is 10.5. The van der Waals surface area contributed by atoms with Gasteiger partial charge in [-0.2, -0.15) is 10.2 Å². The molecule has 0 atom stereocenters. The first kappa shape index (κ1) is 23.8. The van der Waals surface area contributed by atoms with Crippen molar-refractivity contribution in [1.29, 1.82) is 0 Å². The molecule has 190 valence electrons. The van der Waals surface area contributed by atoms with Gasteiger partial charge in [0.05, 0.1) is 47.5 Å². The molecule has 3 aromatic heterocycles. The Bertz CT molecular complexity index is 1450. The van der Waals surface area contributed by atoms with E-state index < -0.39 is 0 Å². The van der Waals surface area contributed by atoms with Gasteiger partial charge in [0.15, 0.2) is 5.65 Å². The molecule has 1 aliphatic carbocycles. The number of benzene rings is 1. The van der Waals surface area contributed by atoms with E-state index >= 15 is 0 Å². The number of ether oxygens (including phenoxy) is 1. The molecule has 0 radical (unpaired) electrons. The van der Waals surface area contributed by atoms with Gasteiger partial charge in [-0.1, -0.05) is 43.5 Å². The van der Waals surface area contributed by atoms with Crippen LogP contribution in [-0.4, -0.2) is 32.7 Å². The van der Waals surface area contributed by atoms with E-state index in [0.717, 1.165) is 46.6 Å². The highest BCUT2D eigenvalue weighted by molar-refractivity contribution is 7.09. The average molecular weight is 514 g/mol. The van der Waals surface area contributed by atoms with Gasteiger partial charge in [0, 0.05) is 29.0 Å². The van der Waals surface area contributed by atoms with Crippen LogP contribution in [0.2, 0.25) is 0 Å². The van der Waals surface area contributed by atoms with Crippen LogP contribution in [0.4, 0.5) is 0 Å². The number of hydrogen-bond donors (Lipinski definition) is 1. The maximum atomic E-state index is 6.20. The van der Waals surface area contributed by atoms with Crippen molar-refractivity contribution in [3.8, 4) is 16.9 Å². The number of rotatable bonds is 8. The predicted octanol–water partition coefficient (Wildman–Crippen LogP) is 6.40. The van der Waals surface area contributed by atoms with Crippen molar-refractivity contribution < 1.29 is 4.74 Å². The van der Waals surface area contributed by atoms with Gasteiger partial charge in [0.1, 0.15) is 5.75 Å². The summed E-state index contributed by atoms with van der Waals surface area (Å²) in [6.07, 6.45) is 13.9. The lowest BCUT2D eigenvalue weighted by Crippen LogP contribution is -2.13. The summed E-state index contributed by atoms with van der Waals surface area (Å²) >= 11 is 1.71.